The first kappa shape index (κ1) is 17.9. The average molecular weight is 379 g/mol. The molecule has 0 unspecified atom stereocenters. The van der Waals surface area contributed by atoms with Gasteiger partial charge in [0, 0.05) is 30.4 Å². The third-order valence-electron chi connectivity index (χ3n) is 4.66. The molecular weight excluding hydrogens is 361 g/mol. The Balaban J connectivity index is 1.27. The Morgan fingerprint density at radius 2 is 1.96 bits per heavy atom. The van der Waals surface area contributed by atoms with Crippen LogP contribution in [0.3, 0.4) is 0 Å². The Morgan fingerprint density at radius 1 is 1.14 bits per heavy atom. The van der Waals surface area contributed by atoms with Crippen LogP contribution in [0.2, 0.25) is 0 Å². The van der Waals surface area contributed by atoms with E-state index in [-0.39, 0.29) is 30.1 Å². The molecule has 0 radical (unpaired) electrons. The number of nitrogens with zero attached hydrogens (tertiary/aromatic N) is 2. The fourth-order valence-electron chi connectivity index (χ4n) is 3.04. The quantitative estimate of drug-likeness (QED) is 0.740. The summed E-state index contributed by atoms with van der Waals surface area (Å²) in [6.07, 6.45) is 1.72. The highest BCUT2D eigenvalue weighted by Crippen LogP contribution is 2.22. The molecule has 1 fully saturated rings. The first-order valence-corrected chi connectivity index (χ1v) is 8.91. The maximum absolute atomic E-state index is 13.5. The van der Waals surface area contributed by atoms with Gasteiger partial charge in [0.2, 0.25) is 5.91 Å². The number of halogens is 1. The first-order chi connectivity index (χ1) is 13.6. The normalized spacial score (nSPS) is 13.8. The Labute approximate surface area is 160 Å². The summed E-state index contributed by atoms with van der Waals surface area (Å²) in [6, 6.07) is 15.2. The number of aromatic nitrogens is 1. The van der Waals surface area contributed by atoms with Crippen molar-refractivity contribution in [3.8, 4) is 5.75 Å². The lowest BCUT2D eigenvalue weighted by atomic mass is 9.99. The Hall–Kier alpha value is -3.48. The minimum Gasteiger partial charge on any atom is -0.481 e. The summed E-state index contributed by atoms with van der Waals surface area (Å²) in [5, 5.41) is 3.82. The number of hydrogen-bond acceptors (Lipinski definition) is 4. The van der Waals surface area contributed by atoms with Gasteiger partial charge in [0.05, 0.1) is 11.4 Å². The first-order valence-electron chi connectivity index (χ1n) is 8.91. The molecule has 2 heterocycles. The van der Waals surface area contributed by atoms with Crippen LogP contribution in [0.1, 0.15) is 0 Å². The number of fused-ring (bicyclic) bond motifs is 1. The zero-order valence-corrected chi connectivity index (χ0v) is 15.0. The van der Waals surface area contributed by atoms with Gasteiger partial charge in [0.1, 0.15) is 0 Å². The van der Waals surface area contributed by atoms with Crippen LogP contribution in [0.25, 0.3) is 10.9 Å². The zero-order valence-electron chi connectivity index (χ0n) is 15.0. The molecule has 0 aliphatic carbocycles. The van der Waals surface area contributed by atoms with E-state index in [0.717, 1.165) is 10.9 Å². The number of nitrogens with one attached hydrogen (secondary N) is 1. The van der Waals surface area contributed by atoms with Crippen LogP contribution in [0, 0.1) is 11.7 Å². The highest BCUT2D eigenvalue weighted by molar-refractivity contribution is 5.96. The van der Waals surface area contributed by atoms with E-state index in [0.29, 0.717) is 18.8 Å². The van der Waals surface area contributed by atoms with Crippen LogP contribution in [0.5, 0.6) is 5.75 Å². The van der Waals surface area contributed by atoms with Crippen molar-refractivity contribution in [3.63, 3.8) is 0 Å². The summed E-state index contributed by atoms with van der Waals surface area (Å²) in [5.74, 6) is -1.16. The minimum absolute atomic E-state index is 0.0384. The summed E-state index contributed by atoms with van der Waals surface area (Å²) < 4.78 is 18.7. The number of hydrogen-bond donors (Lipinski definition) is 1. The second-order valence-corrected chi connectivity index (χ2v) is 6.61. The summed E-state index contributed by atoms with van der Waals surface area (Å²) >= 11 is 0. The second-order valence-electron chi connectivity index (χ2n) is 6.61. The van der Waals surface area contributed by atoms with E-state index in [1.54, 1.807) is 24.4 Å². The molecule has 28 heavy (non-hydrogen) atoms. The molecule has 1 saturated heterocycles. The lowest BCUT2D eigenvalue weighted by Crippen LogP contribution is -2.55. The van der Waals surface area contributed by atoms with Crippen LogP contribution >= 0.6 is 0 Å². The fraction of sp³-hybridized carbons (Fsp3) is 0.190. The molecule has 1 aliphatic rings. The monoisotopic (exact) mass is 379 g/mol. The lowest BCUT2D eigenvalue weighted by Gasteiger charge is -2.38. The predicted octanol–water partition coefficient (Wildman–Crippen LogP) is 2.85. The number of pyridine rings is 1. The maximum atomic E-state index is 13.5. The van der Waals surface area contributed by atoms with Crippen molar-refractivity contribution in [2.75, 3.05) is 25.0 Å². The molecule has 6 nitrogen and oxygen atoms in total. The number of para-hydroxylation sites is 1. The maximum Gasteiger partial charge on any atom is 0.260 e. The minimum atomic E-state index is -0.512. The van der Waals surface area contributed by atoms with Crippen LogP contribution in [-0.2, 0) is 9.59 Å². The third-order valence-corrected chi connectivity index (χ3v) is 4.66. The van der Waals surface area contributed by atoms with E-state index < -0.39 is 5.82 Å². The SMILES string of the molecule is O=C(Nc1ccc2ncccc2c1)C1CN(C(=O)COc2ccccc2F)C1. The smallest absolute Gasteiger partial charge is 0.260 e. The van der Waals surface area contributed by atoms with Crippen molar-refractivity contribution < 1.29 is 18.7 Å². The summed E-state index contributed by atoms with van der Waals surface area (Å²) in [7, 11) is 0. The molecule has 0 bridgehead atoms. The van der Waals surface area contributed by atoms with Gasteiger partial charge in [-0.15, -0.1) is 0 Å². The van der Waals surface area contributed by atoms with Crippen molar-refractivity contribution in [1.29, 1.82) is 0 Å². The average Bonchev–Trinajstić information content (AvgIpc) is 2.66. The van der Waals surface area contributed by atoms with Crippen LogP contribution < -0.4 is 10.1 Å². The van der Waals surface area contributed by atoms with Gasteiger partial charge >= 0.3 is 0 Å². The van der Waals surface area contributed by atoms with Crippen molar-refractivity contribution >= 4 is 28.4 Å². The molecule has 1 aliphatic heterocycles. The molecule has 1 N–H and O–H groups in total. The zero-order chi connectivity index (χ0) is 19.5. The molecule has 0 saturated carbocycles. The van der Waals surface area contributed by atoms with Gasteiger partial charge in [0.15, 0.2) is 18.2 Å². The molecule has 3 aromatic rings. The van der Waals surface area contributed by atoms with Crippen molar-refractivity contribution in [1.82, 2.24) is 9.88 Å². The number of amides is 2. The van der Waals surface area contributed by atoms with E-state index in [1.165, 1.54) is 17.0 Å². The molecule has 2 amide bonds. The van der Waals surface area contributed by atoms with Gasteiger partial charge in [-0.05, 0) is 36.4 Å². The van der Waals surface area contributed by atoms with Crippen molar-refractivity contribution in [2.45, 2.75) is 0 Å². The molecule has 4 rings (SSSR count). The predicted molar refractivity (Wildman–Crippen MR) is 102 cm³/mol. The molecule has 1 aromatic heterocycles. The van der Waals surface area contributed by atoms with Crippen molar-refractivity contribution in [2.24, 2.45) is 5.92 Å². The molecular formula is C21H18FN3O3. The third kappa shape index (κ3) is 3.78. The number of anilines is 1. The molecule has 7 heteroatoms. The lowest BCUT2D eigenvalue weighted by molar-refractivity contribution is -0.143. The second kappa shape index (κ2) is 7.64. The van der Waals surface area contributed by atoms with E-state index in [9.17, 15) is 14.0 Å². The summed E-state index contributed by atoms with van der Waals surface area (Å²) in [6.45, 7) is 0.383. The number of ether oxygens (including phenoxy) is 1. The largest absolute Gasteiger partial charge is 0.481 e. The number of likely N-dealkylation sites (tertiary alicyclic amines) is 1. The van der Waals surface area contributed by atoms with Crippen LogP contribution in [0.15, 0.2) is 60.8 Å². The fourth-order valence-corrected chi connectivity index (χ4v) is 3.04. The Kier molecular flexibility index (Phi) is 4.89. The molecule has 2 aromatic carbocycles. The van der Waals surface area contributed by atoms with E-state index >= 15 is 0 Å². The number of benzene rings is 2. The van der Waals surface area contributed by atoms with E-state index in [2.05, 4.69) is 10.3 Å². The summed E-state index contributed by atoms with van der Waals surface area (Å²) in [4.78, 5) is 30.3. The van der Waals surface area contributed by atoms with Crippen LogP contribution in [0.4, 0.5) is 10.1 Å². The Bertz CT molecular complexity index is 1030. The van der Waals surface area contributed by atoms with Gasteiger partial charge in [-0.1, -0.05) is 18.2 Å². The molecule has 142 valence electrons. The molecule has 0 spiro atoms. The number of carbonyl (C=O) groups is 2. The van der Waals surface area contributed by atoms with Gasteiger partial charge in [0.25, 0.3) is 5.91 Å². The highest BCUT2D eigenvalue weighted by Gasteiger charge is 2.35. The standard InChI is InChI=1S/C21H18FN3O3/c22-17-5-1-2-6-19(17)28-13-20(26)25-11-15(12-25)21(27)24-16-7-8-18-14(10-16)4-3-9-23-18/h1-10,15H,11-13H2,(H,24,27). The van der Waals surface area contributed by atoms with Gasteiger partial charge in [-0.25, -0.2) is 4.39 Å². The van der Waals surface area contributed by atoms with Gasteiger partial charge < -0.3 is 15.0 Å². The van der Waals surface area contributed by atoms with E-state index in [1.807, 2.05) is 24.3 Å². The van der Waals surface area contributed by atoms with Gasteiger partial charge in [-0.2, -0.15) is 0 Å². The Morgan fingerprint density at radius 3 is 2.79 bits per heavy atom. The van der Waals surface area contributed by atoms with Crippen LogP contribution in [-0.4, -0.2) is 41.4 Å². The highest BCUT2D eigenvalue weighted by atomic mass is 19.1. The summed E-state index contributed by atoms with van der Waals surface area (Å²) in [5.41, 5.74) is 1.55. The van der Waals surface area contributed by atoms with Gasteiger partial charge in [-0.3, -0.25) is 14.6 Å². The topological polar surface area (TPSA) is 71.5 Å². The van der Waals surface area contributed by atoms with Crippen molar-refractivity contribution in [3.05, 3.63) is 66.6 Å². The number of rotatable bonds is 5. The number of carbonyl (C=O) groups excluding carboxylic acids is 2. The molecule has 0 atom stereocenters. The van der Waals surface area contributed by atoms with E-state index in [4.69, 9.17) is 4.74 Å².